The Morgan fingerprint density at radius 3 is 2.74 bits per heavy atom. The van der Waals surface area contributed by atoms with Crippen molar-refractivity contribution >= 4 is 5.69 Å². The monoisotopic (exact) mass is 252 g/mol. The van der Waals surface area contributed by atoms with E-state index in [-0.39, 0.29) is 0 Å². The molecule has 0 amide bonds. The molecule has 1 atom stereocenters. The molecule has 0 saturated carbocycles. The minimum atomic E-state index is 0.429. The van der Waals surface area contributed by atoms with Gasteiger partial charge in [0.1, 0.15) is 0 Å². The topological polar surface area (TPSA) is 24.9 Å². The van der Waals surface area contributed by atoms with Crippen LogP contribution in [0.2, 0.25) is 0 Å². The smallest absolute Gasteiger partial charge is 0.0607 e. The summed E-state index contributed by atoms with van der Waals surface area (Å²) < 4.78 is 0. The lowest BCUT2D eigenvalue weighted by Crippen LogP contribution is -2.09. The third kappa shape index (κ3) is 2.35. The van der Waals surface area contributed by atoms with Crippen LogP contribution in [0.1, 0.15) is 40.5 Å². The van der Waals surface area contributed by atoms with E-state index in [1.54, 1.807) is 0 Å². The molecule has 0 spiro atoms. The summed E-state index contributed by atoms with van der Waals surface area (Å²) in [6.07, 6.45) is 2.34. The molecule has 1 aliphatic rings. The fraction of sp³-hybridized carbons (Fsp3) is 0.353. The number of fused-ring (bicyclic) bond motifs is 1. The SMILES string of the molecule is Cc1ccc2c(c1)C(Nc1ccc(C)nc1C)CC2. The van der Waals surface area contributed by atoms with Gasteiger partial charge in [-0.2, -0.15) is 0 Å². The van der Waals surface area contributed by atoms with Crippen LogP contribution < -0.4 is 5.32 Å². The highest BCUT2D eigenvalue weighted by molar-refractivity contribution is 5.52. The van der Waals surface area contributed by atoms with E-state index in [4.69, 9.17) is 0 Å². The van der Waals surface area contributed by atoms with Crippen molar-refractivity contribution in [1.82, 2.24) is 4.98 Å². The molecular weight excluding hydrogens is 232 g/mol. The van der Waals surface area contributed by atoms with Gasteiger partial charge in [0.2, 0.25) is 0 Å². The van der Waals surface area contributed by atoms with E-state index in [0.29, 0.717) is 6.04 Å². The van der Waals surface area contributed by atoms with E-state index >= 15 is 0 Å². The molecule has 0 bridgehead atoms. The molecular formula is C17H20N2. The van der Waals surface area contributed by atoms with Gasteiger partial charge in [0, 0.05) is 5.69 Å². The van der Waals surface area contributed by atoms with Crippen molar-refractivity contribution in [2.45, 2.75) is 39.7 Å². The van der Waals surface area contributed by atoms with Gasteiger partial charge in [-0.15, -0.1) is 0 Å². The number of hydrogen-bond donors (Lipinski definition) is 1. The summed E-state index contributed by atoms with van der Waals surface area (Å²) in [6.45, 7) is 6.26. The van der Waals surface area contributed by atoms with Crippen LogP contribution in [0.15, 0.2) is 30.3 Å². The molecule has 0 radical (unpaired) electrons. The van der Waals surface area contributed by atoms with E-state index < -0.39 is 0 Å². The molecule has 2 heteroatoms. The van der Waals surface area contributed by atoms with Crippen LogP contribution >= 0.6 is 0 Å². The van der Waals surface area contributed by atoms with Crippen LogP contribution in [0.4, 0.5) is 5.69 Å². The summed E-state index contributed by atoms with van der Waals surface area (Å²) in [5.74, 6) is 0. The number of anilines is 1. The lowest BCUT2D eigenvalue weighted by molar-refractivity contribution is 0.759. The second-order valence-electron chi connectivity index (χ2n) is 5.52. The predicted octanol–water partition coefficient (Wildman–Crippen LogP) is 4.11. The second-order valence-corrected chi connectivity index (χ2v) is 5.52. The summed E-state index contributed by atoms with van der Waals surface area (Å²) in [5.41, 5.74) is 7.60. The van der Waals surface area contributed by atoms with Crippen LogP contribution in [0.3, 0.4) is 0 Å². The van der Waals surface area contributed by atoms with Crippen LogP contribution in [0, 0.1) is 20.8 Å². The summed E-state index contributed by atoms with van der Waals surface area (Å²) in [5, 5.41) is 3.66. The first kappa shape index (κ1) is 12.2. The maximum Gasteiger partial charge on any atom is 0.0607 e. The van der Waals surface area contributed by atoms with Crippen LogP contribution in [-0.2, 0) is 6.42 Å². The van der Waals surface area contributed by atoms with Gasteiger partial charge >= 0.3 is 0 Å². The standard InChI is InChI=1S/C17H20N2/c1-11-4-6-14-7-9-17(15(14)10-11)19-16-8-5-12(2)18-13(16)3/h4-6,8,10,17,19H,7,9H2,1-3H3. The molecule has 1 aromatic carbocycles. The zero-order valence-electron chi connectivity index (χ0n) is 11.8. The third-order valence-corrected chi connectivity index (χ3v) is 3.93. The number of aryl methyl sites for hydroxylation is 4. The van der Waals surface area contributed by atoms with Crippen LogP contribution in [0.5, 0.6) is 0 Å². The molecule has 2 nitrogen and oxygen atoms in total. The first-order chi connectivity index (χ1) is 9.13. The van der Waals surface area contributed by atoms with Crippen molar-refractivity contribution < 1.29 is 0 Å². The van der Waals surface area contributed by atoms with Crippen molar-refractivity contribution in [1.29, 1.82) is 0 Å². The fourth-order valence-electron chi connectivity index (χ4n) is 2.90. The van der Waals surface area contributed by atoms with Crippen LogP contribution in [-0.4, -0.2) is 4.98 Å². The van der Waals surface area contributed by atoms with Gasteiger partial charge in [0.15, 0.2) is 0 Å². The quantitative estimate of drug-likeness (QED) is 0.870. The Bertz CT molecular complexity index is 617. The first-order valence-corrected chi connectivity index (χ1v) is 6.94. The summed E-state index contributed by atoms with van der Waals surface area (Å²) in [7, 11) is 0. The maximum absolute atomic E-state index is 4.53. The summed E-state index contributed by atoms with van der Waals surface area (Å²) in [4.78, 5) is 4.53. The lowest BCUT2D eigenvalue weighted by Gasteiger charge is -2.17. The van der Waals surface area contributed by atoms with E-state index in [2.05, 4.69) is 54.5 Å². The maximum atomic E-state index is 4.53. The molecule has 1 aromatic heterocycles. The molecule has 98 valence electrons. The van der Waals surface area contributed by atoms with Crippen molar-refractivity contribution in [2.75, 3.05) is 5.32 Å². The first-order valence-electron chi connectivity index (χ1n) is 6.94. The van der Waals surface area contributed by atoms with Gasteiger partial charge in [0.05, 0.1) is 17.4 Å². The number of nitrogens with one attached hydrogen (secondary N) is 1. The molecule has 2 aromatic rings. The van der Waals surface area contributed by atoms with Crippen molar-refractivity contribution in [2.24, 2.45) is 0 Å². The average Bonchev–Trinajstić information content (AvgIpc) is 2.75. The minimum absolute atomic E-state index is 0.429. The largest absolute Gasteiger partial charge is 0.377 e. The van der Waals surface area contributed by atoms with E-state index in [1.807, 2.05) is 6.92 Å². The number of pyridine rings is 1. The number of rotatable bonds is 2. The van der Waals surface area contributed by atoms with Gasteiger partial charge in [-0.25, -0.2) is 0 Å². The van der Waals surface area contributed by atoms with Gasteiger partial charge < -0.3 is 5.32 Å². The number of aromatic nitrogens is 1. The van der Waals surface area contributed by atoms with Gasteiger partial charge in [0.25, 0.3) is 0 Å². The summed E-state index contributed by atoms with van der Waals surface area (Å²) >= 11 is 0. The van der Waals surface area contributed by atoms with Crippen molar-refractivity contribution in [3.05, 3.63) is 58.4 Å². The minimum Gasteiger partial charge on any atom is -0.377 e. The Hall–Kier alpha value is -1.83. The summed E-state index contributed by atoms with van der Waals surface area (Å²) in [6, 6.07) is 11.4. The third-order valence-electron chi connectivity index (χ3n) is 3.93. The Labute approximate surface area is 114 Å². The molecule has 1 N–H and O–H groups in total. The van der Waals surface area contributed by atoms with Crippen LogP contribution in [0.25, 0.3) is 0 Å². The number of nitrogens with zero attached hydrogens (tertiary/aromatic N) is 1. The zero-order valence-corrected chi connectivity index (χ0v) is 11.8. The van der Waals surface area contributed by atoms with E-state index in [1.165, 1.54) is 29.5 Å². The Balaban J connectivity index is 1.88. The molecule has 1 unspecified atom stereocenters. The lowest BCUT2D eigenvalue weighted by atomic mass is 10.0. The Morgan fingerprint density at radius 1 is 1.11 bits per heavy atom. The highest BCUT2D eigenvalue weighted by Gasteiger charge is 2.22. The van der Waals surface area contributed by atoms with Gasteiger partial charge in [-0.3, -0.25) is 4.98 Å². The molecule has 0 aliphatic heterocycles. The average molecular weight is 252 g/mol. The fourth-order valence-corrected chi connectivity index (χ4v) is 2.90. The normalized spacial score (nSPS) is 17.3. The van der Waals surface area contributed by atoms with Crippen molar-refractivity contribution in [3.63, 3.8) is 0 Å². The second kappa shape index (κ2) is 4.69. The molecule has 3 rings (SSSR count). The highest BCUT2D eigenvalue weighted by atomic mass is 14.9. The van der Waals surface area contributed by atoms with E-state index in [9.17, 15) is 0 Å². The van der Waals surface area contributed by atoms with Crippen molar-refractivity contribution in [3.8, 4) is 0 Å². The highest BCUT2D eigenvalue weighted by Crippen LogP contribution is 2.34. The molecule has 1 aliphatic carbocycles. The molecule has 0 fully saturated rings. The van der Waals surface area contributed by atoms with Gasteiger partial charge in [-0.1, -0.05) is 23.8 Å². The molecule has 0 saturated heterocycles. The number of benzene rings is 1. The number of hydrogen-bond acceptors (Lipinski definition) is 2. The molecule has 19 heavy (non-hydrogen) atoms. The Morgan fingerprint density at radius 2 is 1.95 bits per heavy atom. The zero-order chi connectivity index (χ0) is 13.4. The predicted molar refractivity (Wildman–Crippen MR) is 79.6 cm³/mol. The molecule has 1 heterocycles. The van der Waals surface area contributed by atoms with Gasteiger partial charge in [-0.05, 0) is 56.9 Å². The Kier molecular flexibility index (Phi) is 3.02. The van der Waals surface area contributed by atoms with E-state index in [0.717, 1.165) is 17.1 Å².